The molecule has 0 aromatic carbocycles. The van der Waals surface area contributed by atoms with Crippen molar-refractivity contribution >= 4 is 18.0 Å². The van der Waals surface area contributed by atoms with Crippen LogP contribution in [0, 0.1) is 0 Å². The maximum Gasteiger partial charge on any atom is 0.411 e. The van der Waals surface area contributed by atoms with Gasteiger partial charge in [-0.3, -0.25) is 9.69 Å². The van der Waals surface area contributed by atoms with Crippen molar-refractivity contribution in [3.05, 3.63) is 0 Å². The highest BCUT2D eigenvalue weighted by Crippen LogP contribution is 2.38. The van der Waals surface area contributed by atoms with Crippen LogP contribution in [0.2, 0.25) is 0 Å². The highest BCUT2D eigenvalue weighted by atomic mass is 16.6. The Kier molecular flexibility index (Phi) is 4.87. The first-order valence-corrected chi connectivity index (χ1v) is 8.18. The molecule has 2 rings (SSSR count). The molecule has 2 aliphatic rings. The summed E-state index contributed by atoms with van der Waals surface area (Å²) in [7, 11) is 0. The molecule has 2 unspecified atom stereocenters. The maximum atomic E-state index is 12.6. The number of carbonyl (C=O) groups is 3. The maximum absolute atomic E-state index is 12.6. The minimum Gasteiger partial charge on any atom is -0.464 e. The number of hydrogen-bond donors (Lipinski definition) is 1. The molecule has 0 aromatic heterocycles. The molecule has 2 atom stereocenters. The summed E-state index contributed by atoms with van der Waals surface area (Å²) in [4.78, 5) is 38.4. The second kappa shape index (κ2) is 6.37. The first-order valence-electron chi connectivity index (χ1n) is 8.18. The van der Waals surface area contributed by atoms with E-state index in [2.05, 4.69) is 5.32 Å². The molecule has 0 radical (unpaired) electrons. The monoisotopic (exact) mass is 326 g/mol. The summed E-state index contributed by atoms with van der Waals surface area (Å²) in [5.41, 5.74) is -1.51. The van der Waals surface area contributed by atoms with E-state index < -0.39 is 29.2 Å². The molecular weight excluding hydrogens is 300 g/mol. The van der Waals surface area contributed by atoms with Crippen molar-refractivity contribution < 1.29 is 23.9 Å². The van der Waals surface area contributed by atoms with E-state index in [0.717, 1.165) is 6.42 Å². The molecule has 0 aromatic rings. The molecule has 2 saturated heterocycles. The predicted octanol–water partition coefficient (Wildman–Crippen LogP) is 1.60. The molecule has 0 aliphatic carbocycles. The van der Waals surface area contributed by atoms with Crippen molar-refractivity contribution in [3.63, 3.8) is 0 Å². The summed E-state index contributed by atoms with van der Waals surface area (Å²) in [6.07, 6.45) is 1.77. The van der Waals surface area contributed by atoms with Crippen molar-refractivity contribution in [1.29, 1.82) is 0 Å². The summed E-state index contributed by atoms with van der Waals surface area (Å²) in [5, 5.41) is 2.72. The topological polar surface area (TPSA) is 84.9 Å². The largest absolute Gasteiger partial charge is 0.464 e. The SMILES string of the molecule is CCOC(=O)C1CCC2(CCCN2C(=O)OC(C)(C)C)C(=O)N1. The van der Waals surface area contributed by atoms with Crippen molar-refractivity contribution in [2.45, 2.75) is 70.6 Å². The molecule has 2 heterocycles. The summed E-state index contributed by atoms with van der Waals surface area (Å²) in [6, 6.07) is -0.630. The quantitative estimate of drug-likeness (QED) is 0.779. The Morgan fingerprint density at radius 1 is 1.35 bits per heavy atom. The second-order valence-electron chi connectivity index (χ2n) is 7.08. The van der Waals surface area contributed by atoms with Gasteiger partial charge in [0, 0.05) is 6.54 Å². The third-order valence-corrected chi connectivity index (χ3v) is 4.25. The van der Waals surface area contributed by atoms with Gasteiger partial charge in [-0.1, -0.05) is 0 Å². The Hall–Kier alpha value is -1.79. The fourth-order valence-electron chi connectivity index (χ4n) is 3.24. The lowest BCUT2D eigenvalue weighted by Crippen LogP contribution is -2.64. The molecular formula is C16H26N2O5. The van der Waals surface area contributed by atoms with Crippen LogP contribution in [-0.4, -0.2) is 53.2 Å². The smallest absolute Gasteiger partial charge is 0.411 e. The standard InChI is InChI=1S/C16H26N2O5/c1-5-22-12(19)11-7-9-16(13(20)17-11)8-6-10-18(16)14(21)23-15(2,3)4/h11H,5-10H2,1-4H3,(H,17,20). The van der Waals surface area contributed by atoms with E-state index in [1.165, 1.54) is 4.90 Å². The zero-order chi connectivity index (χ0) is 17.3. The van der Waals surface area contributed by atoms with Gasteiger partial charge >= 0.3 is 12.1 Å². The van der Waals surface area contributed by atoms with Crippen LogP contribution in [0.15, 0.2) is 0 Å². The van der Waals surface area contributed by atoms with E-state index in [4.69, 9.17) is 9.47 Å². The summed E-state index contributed by atoms with van der Waals surface area (Å²) in [5.74, 6) is -0.706. The third-order valence-electron chi connectivity index (χ3n) is 4.25. The Morgan fingerprint density at radius 3 is 2.61 bits per heavy atom. The van der Waals surface area contributed by atoms with Crippen LogP contribution in [-0.2, 0) is 19.1 Å². The lowest BCUT2D eigenvalue weighted by molar-refractivity contribution is -0.151. The summed E-state index contributed by atoms with van der Waals surface area (Å²) >= 11 is 0. The molecule has 0 saturated carbocycles. The van der Waals surface area contributed by atoms with Gasteiger partial charge in [0.15, 0.2) is 0 Å². The van der Waals surface area contributed by atoms with E-state index in [9.17, 15) is 14.4 Å². The number of nitrogens with zero attached hydrogens (tertiary/aromatic N) is 1. The van der Waals surface area contributed by atoms with Crippen LogP contribution in [0.25, 0.3) is 0 Å². The van der Waals surface area contributed by atoms with E-state index >= 15 is 0 Å². The van der Waals surface area contributed by atoms with Gasteiger partial charge in [0.1, 0.15) is 17.2 Å². The average molecular weight is 326 g/mol. The Balaban J connectivity index is 2.10. The number of likely N-dealkylation sites (tertiary alicyclic amines) is 1. The van der Waals surface area contributed by atoms with Gasteiger partial charge in [-0.05, 0) is 53.4 Å². The zero-order valence-corrected chi connectivity index (χ0v) is 14.3. The molecule has 23 heavy (non-hydrogen) atoms. The van der Waals surface area contributed by atoms with Crippen LogP contribution >= 0.6 is 0 Å². The van der Waals surface area contributed by atoms with E-state index in [1.54, 1.807) is 27.7 Å². The van der Waals surface area contributed by atoms with E-state index in [1.807, 2.05) is 0 Å². The Morgan fingerprint density at radius 2 is 2.04 bits per heavy atom. The number of ether oxygens (including phenoxy) is 2. The number of hydrogen-bond acceptors (Lipinski definition) is 5. The van der Waals surface area contributed by atoms with Gasteiger partial charge in [0.25, 0.3) is 0 Å². The Bertz CT molecular complexity index is 499. The minimum atomic E-state index is -0.897. The third kappa shape index (κ3) is 3.59. The first kappa shape index (κ1) is 17.6. The van der Waals surface area contributed by atoms with Crippen molar-refractivity contribution in [2.24, 2.45) is 0 Å². The lowest BCUT2D eigenvalue weighted by Gasteiger charge is -2.42. The van der Waals surface area contributed by atoms with Gasteiger partial charge in [-0.25, -0.2) is 9.59 Å². The molecule has 2 amide bonds. The molecule has 2 aliphatic heterocycles. The fourth-order valence-corrected chi connectivity index (χ4v) is 3.24. The van der Waals surface area contributed by atoms with E-state index in [-0.39, 0.29) is 12.5 Å². The number of nitrogens with one attached hydrogen (secondary N) is 1. The van der Waals surface area contributed by atoms with Crippen molar-refractivity contribution in [2.75, 3.05) is 13.2 Å². The van der Waals surface area contributed by atoms with Gasteiger partial charge in [0.2, 0.25) is 5.91 Å². The predicted molar refractivity (Wildman–Crippen MR) is 82.7 cm³/mol. The van der Waals surface area contributed by atoms with Crippen LogP contribution in [0.5, 0.6) is 0 Å². The molecule has 1 N–H and O–H groups in total. The second-order valence-corrected chi connectivity index (χ2v) is 7.08. The van der Waals surface area contributed by atoms with E-state index in [0.29, 0.717) is 25.8 Å². The van der Waals surface area contributed by atoms with Gasteiger partial charge in [-0.15, -0.1) is 0 Å². The van der Waals surface area contributed by atoms with Crippen LogP contribution in [0.3, 0.4) is 0 Å². The highest BCUT2D eigenvalue weighted by Gasteiger charge is 2.54. The zero-order valence-electron chi connectivity index (χ0n) is 14.3. The Labute approximate surface area is 136 Å². The van der Waals surface area contributed by atoms with Gasteiger partial charge < -0.3 is 14.8 Å². The fraction of sp³-hybridized carbons (Fsp3) is 0.812. The van der Waals surface area contributed by atoms with Gasteiger partial charge in [-0.2, -0.15) is 0 Å². The lowest BCUT2D eigenvalue weighted by atomic mass is 9.84. The number of amides is 2. The molecule has 7 nitrogen and oxygen atoms in total. The van der Waals surface area contributed by atoms with Gasteiger partial charge in [0.05, 0.1) is 6.61 Å². The van der Waals surface area contributed by atoms with Crippen LogP contribution < -0.4 is 5.32 Å². The molecule has 1 spiro atoms. The van der Waals surface area contributed by atoms with Crippen molar-refractivity contribution in [3.8, 4) is 0 Å². The summed E-state index contributed by atoms with van der Waals surface area (Å²) in [6.45, 7) is 7.89. The number of carbonyl (C=O) groups excluding carboxylic acids is 3. The number of rotatable bonds is 2. The number of esters is 1. The number of piperidine rings is 1. The van der Waals surface area contributed by atoms with Crippen LogP contribution in [0.4, 0.5) is 4.79 Å². The van der Waals surface area contributed by atoms with Crippen LogP contribution in [0.1, 0.15) is 53.4 Å². The molecule has 2 fully saturated rings. The molecule has 0 bridgehead atoms. The van der Waals surface area contributed by atoms with Crippen molar-refractivity contribution in [1.82, 2.24) is 10.2 Å². The normalized spacial score (nSPS) is 27.7. The minimum absolute atomic E-state index is 0.278. The first-order chi connectivity index (χ1) is 10.7. The summed E-state index contributed by atoms with van der Waals surface area (Å²) < 4.78 is 10.4. The molecule has 7 heteroatoms. The highest BCUT2D eigenvalue weighted by molar-refractivity contribution is 5.94. The molecule has 130 valence electrons. The average Bonchev–Trinajstić information content (AvgIpc) is 2.85.